The Balaban J connectivity index is 3.76. The van der Waals surface area contributed by atoms with E-state index in [2.05, 4.69) is 13.5 Å². The molecule has 0 heterocycles. The van der Waals surface area contributed by atoms with Crippen LogP contribution in [0.5, 0.6) is 0 Å². The average Bonchev–Trinajstić information content (AvgIpc) is 2.13. The van der Waals surface area contributed by atoms with Crippen LogP contribution in [-0.2, 0) is 4.79 Å². The molecular formula is C12H23NO. The van der Waals surface area contributed by atoms with E-state index in [0.29, 0.717) is 6.42 Å². The number of hydrogen-bond acceptors (Lipinski definition) is 1. The largest absolute Gasteiger partial charge is 0.317 e. The van der Waals surface area contributed by atoms with Crippen molar-refractivity contribution in [2.24, 2.45) is 0 Å². The van der Waals surface area contributed by atoms with Crippen LogP contribution in [0.15, 0.2) is 12.8 Å². The van der Waals surface area contributed by atoms with Crippen molar-refractivity contribution in [3.05, 3.63) is 12.8 Å². The van der Waals surface area contributed by atoms with Gasteiger partial charge in [-0.1, -0.05) is 32.8 Å². The molecular weight excluding hydrogens is 174 g/mol. The van der Waals surface area contributed by atoms with Crippen molar-refractivity contribution in [1.29, 1.82) is 0 Å². The third-order valence-corrected chi connectivity index (χ3v) is 2.29. The molecule has 0 rings (SSSR count). The Morgan fingerprint density at radius 2 is 2.00 bits per heavy atom. The number of carbonyl (C=O) groups is 1. The third-order valence-electron chi connectivity index (χ3n) is 2.29. The quantitative estimate of drug-likeness (QED) is 0.573. The Hall–Kier alpha value is -0.790. The minimum Gasteiger partial charge on any atom is -0.317 e. The number of rotatable bonds is 7. The molecule has 0 aromatic heterocycles. The SMILES string of the molecule is C=CN(C(=O)CCCCCC)C(C)C. The molecule has 2 nitrogen and oxygen atoms in total. The molecule has 0 atom stereocenters. The van der Waals surface area contributed by atoms with Gasteiger partial charge in [-0.2, -0.15) is 0 Å². The summed E-state index contributed by atoms with van der Waals surface area (Å²) in [5, 5.41) is 0. The fraction of sp³-hybridized carbons (Fsp3) is 0.750. The third kappa shape index (κ3) is 5.05. The van der Waals surface area contributed by atoms with Gasteiger partial charge in [-0.25, -0.2) is 0 Å². The lowest BCUT2D eigenvalue weighted by molar-refractivity contribution is -0.130. The normalized spacial score (nSPS) is 10.3. The van der Waals surface area contributed by atoms with Crippen LogP contribution in [0.1, 0.15) is 52.9 Å². The zero-order valence-corrected chi connectivity index (χ0v) is 9.75. The molecule has 1 amide bonds. The minimum atomic E-state index is 0.200. The van der Waals surface area contributed by atoms with Crippen LogP contribution < -0.4 is 0 Å². The van der Waals surface area contributed by atoms with Crippen molar-refractivity contribution in [2.45, 2.75) is 58.9 Å². The Bertz CT molecular complexity index is 175. The van der Waals surface area contributed by atoms with E-state index in [0.717, 1.165) is 12.8 Å². The van der Waals surface area contributed by atoms with E-state index in [1.807, 2.05) is 13.8 Å². The molecule has 0 aromatic rings. The summed E-state index contributed by atoms with van der Waals surface area (Å²) in [7, 11) is 0. The van der Waals surface area contributed by atoms with Gasteiger partial charge in [0.2, 0.25) is 5.91 Å². The molecule has 0 aliphatic carbocycles. The number of nitrogens with zero attached hydrogens (tertiary/aromatic N) is 1. The fourth-order valence-electron chi connectivity index (χ4n) is 1.43. The van der Waals surface area contributed by atoms with Gasteiger partial charge in [0.25, 0.3) is 0 Å². The van der Waals surface area contributed by atoms with Crippen LogP contribution in [-0.4, -0.2) is 16.8 Å². The fourth-order valence-corrected chi connectivity index (χ4v) is 1.43. The molecule has 0 saturated carbocycles. The lowest BCUT2D eigenvalue weighted by Gasteiger charge is -2.22. The van der Waals surface area contributed by atoms with Gasteiger partial charge in [0, 0.05) is 12.5 Å². The second kappa shape index (κ2) is 7.60. The van der Waals surface area contributed by atoms with Gasteiger partial charge < -0.3 is 4.90 Å². The molecule has 0 aromatic carbocycles. The highest BCUT2D eigenvalue weighted by Crippen LogP contribution is 2.07. The van der Waals surface area contributed by atoms with Gasteiger partial charge >= 0.3 is 0 Å². The van der Waals surface area contributed by atoms with E-state index in [4.69, 9.17) is 0 Å². The molecule has 0 bridgehead atoms. The van der Waals surface area contributed by atoms with Crippen LogP contribution in [0.2, 0.25) is 0 Å². The topological polar surface area (TPSA) is 20.3 Å². The second-order valence-electron chi connectivity index (χ2n) is 3.89. The summed E-state index contributed by atoms with van der Waals surface area (Å²) >= 11 is 0. The molecule has 2 heteroatoms. The zero-order valence-electron chi connectivity index (χ0n) is 9.75. The number of hydrogen-bond donors (Lipinski definition) is 0. The van der Waals surface area contributed by atoms with Gasteiger partial charge in [-0.05, 0) is 26.5 Å². The van der Waals surface area contributed by atoms with E-state index in [9.17, 15) is 4.79 Å². The predicted molar refractivity (Wildman–Crippen MR) is 60.9 cm³/mol. The highest BCUT2D eigenvalue weighted by molar-refractivity contribution is 5.77. The first-order chi connectivity index (χ1) is 6.63. The molecule has 0 spiro atoms. The summed E-state index contributed by atoms with van der Waals surface area (Å²) < 4.78 is 0. The lowest BCUT2D eigenvalue weighted by atomic mass is 10.1. The molecule has 0 saturated heterocycles. The first-order valence-corrected chi connectivity index (χ1v) is 5.57. The summed E-state index contributed by atoms with van der Waals surface area (Å²) in [6.07, 6.45) is 6.89. The Morgan fingerprint density at radius 3 is 2.43 bits per heavy atom. The summed E-state index contributed by atoms with van der Waals surface area (Å²) in [6, 6.07) is 0.228. The van der Waals surface area contributed by atoms with Crippen LogP contribution in [0, 0.1) is 0 Å². The van der Waals surface area contributed by atoms with E-state index >= 15 is 0 Å². The monoisotopic (exact) mass is 197 g/mol. The highest BCUT2D eigenvalue weighted by Gasteiger charge is 2.12. The molecule has 82 valence electrons. The lowest BCUT2D eigenvalue weighted by Crippen LogP contribution is -2.31. The van der Waals surface area contributed by atoms with E-state index in [1.54, 1.807) is 11.1 Å². The van der Waals surface area contributed by atoms with Crippen molar-refractivity contribution in [3.63, 3.8) is 0 Å². The number of unbranched alkanes of at least 4 members (excludes halogenated alkanes) is 3. The van der Waals surface area contributed by atoms with Crippen molar-refractivity contribution < 1.29 is 4.79 Å². The van der Waals surface area contributed by atoms with Gasteiger partial charge in [-0.15, -0.1) is 0 Å². The first kappa shape index (κ1) is 13.2. The Morgan fingerprint density at radius 1 is 1.36 bits per heavy atom. The summed E-state index contributed by atoms with van der Waals surface area (Å²) in [5.74, 6) is 0.200. The van der Waals surface area contributed by atoms with Gasteiger partial charge in [-0.3, -0.25) is 4.79 Å². The molecule has 0 N–H and O–H groups in total. The zero-order chi connectivity index (χ0) is 11.0. The second-order valence-corrected chi connectivity index (χ2v) is 3.89. The Kier molecular flexibility index (Phi) is 7.17. The standard InChI is InChI=1S/C12H23NO/c1-5-7-8-9-10-12(14)13(6-2)11(3)4/h6,11H,2,5,7-10H2,1,3-4H3. The number of carbonyl (C=O) groups excluding carboxylic acids is 1. The van der Waals surface area contributed by atoms with Crippen LogP contribution >= 0.6 is 0 Å². The molecule has 0 aliphatic rings. The summed E-state index contributed by atoms with van der Waals surface area (Å²) in [6.45, 7) is 9.84. The van der Waals surface area contributed by atoms with Crippen molar-refractivity contribution in [2.75, 3.05) is 0 Å². The van der Waals surface area contributed by atoms with E-state index in [-0.39, 0.29) is 11.9 Å². The average molecular weight is 197 g/mol. The molecule has 0 unspecified atom stereocenters. The summed E-state index contributed by atoms with van der Waals surface area (Å²) in [4.78, 5) is 13.3. The van der Waals surface area contributed by atoms with Gasteiger partial charge in [0.05, 0.1) is 0 Å². The maximum Gasteiger partial charge on any atom is 0.226 e. The predicted octanol–water partition coefficient (Wildman–Crippen LogP) is 3.34. The van der Waals surface area contributed by atoms with Crippen molar-refractivity contribution >= 4 is 5.91 Å². The molecule has 14 heavy (non-hydrogen) atoms. The van der Waals surface area contributed by atoms with Crippen molar-refractivity contribution in [1.82, 2.24) is 4.90 Å². The van der Waals surface area contributed by atoms with Gasteiger partial charge in [0.1, 0.15) is 0 Å². The van der Waals surface area contributed by atoms with Gasteiger partial charge in [0.15, 0.2) is 0 Å². The van der Waals surface area contributed by atoms with Crippen molar-refractivity contribution in [3.8, 4) is 0 Å². The van der Waals surface area contributed by atoms with Crippen LogP contribution in [0.3, 0.4) is 0 Å². The van der Waals surface area contributed by atoms with Crippen LogP contribution in [0.4, 0.5) is 0 Å². The minimum absolute atomic E-state index is 0.200. The first-order valence-electron chi connectivity index (χ1n) is 5.57. The number of amides is 1. The molecule has 0 aliphatic heterocycles. The maximum atomic E-state index is 11.6. The smallest absolute Gasteiger partial charge is 0.226 e. The maximum absolute atomic E-state index is 11.6. The van der Waals surface area contributed by atoms with E-state index < -0.39 is 0 Å². The molecule has 0 radical (unpaired) electrons. The Labute approximate surface area is 88.0 Å². The molecule has 0 fully saturated rings. The summed E-state index contributed by atoms with van der Waals surface area (Å²) in [5.41, 5.74) is 0. The highest BCUT2D eigenvalue weighted by atomic mass is 16.2. The van der Waals surface area contributed by atoms with E-state index in [1.165, 1.54) is 12.8 Å². The van der Waals surface area contributed by atoms with Crippen LogP contribution in [0.25, 0.3) is 0 Å².